The van der Waals surface area contributed by atoms with Gasteiger partial charge in [0.05, 0.1) is 12.8 Å². The summed E-state index contributed by atoms with van der Waals surface area (Å²) >= 11 is 1.60. The van der Waals surface area contributed by atoms with Gasteiger partial charge in [0.2, 0.25) is 10.9 Å². The molecule has 30 heavy (non-hydrogen) atoms. The Morgan fingerprint density at radius 1 is 1.17 bits per heavy atom. The summed E-state index contributed by atoms with van der Waals surface area (Å²) in [7, 11) is 1.65. The van der Waals surface area contributed by atoms with E-state index in [1.54, 1.807) is 24.5 Å². The molecule has 6 nitrogen and oxygen atoms in total. The number of rotatable bonds is 7. The van der Waals surface area contributed by atoms with Crippen molar-refractivity contribution < 1.29 is 9.53 Å². The van der Waals surface area contributed by atoms with Crippen molar-refractivity contribution >= 4 is 28.3 Å². The van der Waals surface area contributed by atoms with Gasteiger partial charge in [-0.25, -0.2) is 4.52 Å². The molecule has 0 aliphatic heterocycles. The Morgan fingerprint density at radius 2 is 1.93 bits per heavy atom. The first kappa shape index (κ1) is 19.8. The number of hydrogen-bond donors (Lipinski definition) is 1. The lowest BCUT2D eigenvalue weighted by Crippen LogP contribution is -2.23. The molecule has 1 amide bonds. The van der Waals surface area contributed by atoms with Gasteiger partial charge in [-0.05, 0) is 42.8 Å². The molecule has 7 heteroatoms. The van der Waals surface area contributed by atoms with Crippen LogP contribution in [0.4, 0.5) is 0 Å². The number of benzene rings is 2. The van der Waals surface area contributed by atoms with Crippen molar-refractivity contribution in [1.82, 2.24) is 19.9 Å². The standard InChI is InChI=1S/C23H22N4O2S/c1-16-20(14-15-24-21(28)13-8-17-6-4-3-5-7-17)30-23-25-22(26-27(16)23)18-9-11-19(29-2)12-10-18/h3-13H,14-15H2,1-2H3,(H,24,28). The highest BCUT2D eigenvalue weighted by Gasteiger charge is 2.14. The monoisotopic (exact) mass is 418 g/mol. The Bertz CT molecular complexity index is 1180. The van der Waals surface area contributed by atoms with Crippen LogP contribution in [0.5, 0.6) is 5.75 Å². The average Bonchev–Trinajstić information content (AvgIpc) is 3.32. The van der Waals surface area contributed by atoms with E-state index in [9.17, 15) is 4.79 Å². The van der Waals surface area contributed by atoms with E-state index in [1.165, 1.54) is 4.88 Å². The van der Waals surface area contributed by atoms with Crippen LogP contribution in [0.25, 0.3) is 22.4 Å². The zero-order chi connectivity index (χ0) is 20.9. The first-order valence-electron chi connectivity index (χ1n) is 9.64. The van der Waals surface area contributed by atoms with E-state index >= 15 is 0 Å². The Kier molecular flexibility index (Phi) is 5.90. The highest BCUT2D eigenvalue weighted by Crippen LogP contribution is 2.26. The van der Waals surface area contributed by atoms with Crippen LogP contribution in [-0.4, -0.2) is 34.2 Å². The van der Waals surface area contributed by atoms with Gasteiger partial charge < -0.3 is 10.1 Å². The summed E-state index contributed by atoms with van der Waals surface area (Å²) in [6.07, 6.45) is 4.11. The second-order valence-electron chi connectivity index (χ2n) is 6.75. The van der Waals surface area contributed by atoms with Gasteiger partial charge in [-0.3, -0.25) is 4.79 Å². The van der Waals surface area contributed by atoms with Gasteiger partial charge in [-0.1, -0.05) is 41.7 Å². The first-order valence-corrected chi connectivity index (χ1v) is 10.5. The van der Waals surface area contributed by atoms with Crippen LogP contribution in [0.15, 0.2) is 60.7 Å². The molecule has 4 rings (SSSR count). The van der Waals surface area contributed by atoms with E-state index in [1.807, 2.05) is 72.1 Å². The molecule has 0 radical (unpaired) electrons. The topological polar surface area (TPSA) is 68.5 Å². The number of thiazole rings is 1. The summed E-state index contributed by atoms with van der Waals surface area (Å²) in [5.41, 5.74) is 3.00. The predicted molar refractivity (Wildman–Crippen MR) is 120 cm³/mol. The molecule has 2 aromatic heterocycles. The molecule has 152 valence electrons. The van der Waals surface area contributed by atoms with Gasteiger partial charge in [0, 0.05) is 29.5 Å². The van der Waals surface area contributed by atoms with E-state index in [4.69, 9.17) is 4.74 Å². The number of nitrogens with one attached hydrogen (secondary N) is 1. The zero-order valence-electron chi connectivity index (χ0n) is 16.8. The number of amides is 1. The van der Waals surface area contributed by atoms with Crippen LogP contribution in [0, 0.1) is 6.92 Å². The minimum absolute atomic E-state index is 0.0993. The number of aryl methyl sites for hydroxylation is 1. The van der Waals surface area contributed by atoms with Crippen LogP contribution < -0.4 is 10.1 Å². The highest BCUT2D eigenvalue weighted by atomic mass is 32.1. The molecule has 0 saturated heterocycles. The lowest BCUT2D eigenvalue weighted by Gasteiger charge is -2.02. The van der Waals surface area contributed by atoms with Gasteiger partial charge in [0.1, 0.15) is 5.75 Å². The molecule has 0 aliphatic carbocycles. The van der Waals surface area contributed by atoms with Crippen LogP contribution in [-0.2, 0) is 11.2 Å². The van der Waals surface area contributed by atoms with E-state index in [0.29, 0.717) is 12.4 Å². The molecular weight excluding hydrogens is 396 g/mol. The fraction of sp³-hybridized carbons (Fsp3) is 0.174. The Labute approximate surface area is 178 Å². The number of nitrogens with zero attached hydrogens (tertiary/aromatic N) is 3. The summed E-state index contributed by atoms with van der Waals surface area (Å²) < 4.78 is 7.07. The van der Waals surface area contributed by atoms with Gasteiger partial charge in [-0.2, -0.15) is 4.98 Å². The number of ether oxygens (including phenoxy) is 1. The average molecular weight is 419 g/mol. The Hall–Kier alpha value is -3.45. The van der Waals surface area contributed by atoms with Gasteiger partial charge in [0.25, 0.3) is 0 Å². The maximum absolute atomic E-state index is 12.0. The van der Waals surface area contributed by atoms with E-state index in [2.05, 4.69) is 15.4 Å². The molecule has 0 unspecified atom stereocenters. The van der Waals surface area contributed by atoms with Crippen molar-refractivity contribution in [3.05, 3.63) is 76.8 Å². The van der Waals surface area contributed by atoms with E-state index in [0.717, 1.165) is 34.0 Å². The highest BCUT2D eigenvalue weighted by molar-refractivity contribution is 7.17. The number of aromatic nitrogens is 3. The van der Waals surface area contributed by atoms with Crippen molar-refractivity contribution in [2.45, 2.75) is 13.3 Å². The van der Waals surface area contributed by atoms with Gasteiger partial charge in [0.15, 0.2) is 5.82 Å². The summed E-state index contributed by atoms with van der Waals surface area (Å²) in [5, 5.41) is 7.57. The molecule has 0 atom stereocenters. The second-order valence-corrected chi connectivity index (χ2v) is 7.82. The minimum atomic E-state index is -0.0993. The van der Waals surface area contributed by atoms with Crippen LogP contribution in [0.2, 0.25) is 0 Å². The van der Waals surface area contributed by atoms with Gasteiger partial charge >= 0.3 is 0 Å². The maximum atomic E-state index is 12.0. The number of carbonyl (C=O) groups is 1. The molecular formula is C23H22N4O2S. The maximum Gasteiger partial charge on any atom is 0.244 e. The molecule has 2 heterocycles. The molecule has 0 aliphatic rings. The molecule has 1 N–H and O–H groups in total. The largest absolute Gasteiger partial charge is 0.497 e. The summed E-state index contributed by atoms with van der Waals surface area (Å²) in [6, 6.07) is 17.5. The van der Waals surface area contributed by atoms with E-state index in [-0.39, 0.29) is 5.91 Å². The normalized spacial score (nSPS) is 11.3. The summed E-state index contributed by atoms with van der Waals surface area (Å²) in [6.45, 7) is 2.59. The fourth-order valence-electron chi connectivity index (χ4n) is 3.07. The number of carbonyl (C=O) groups excluding carboxylic acids is 1. The Balaban J connectivity index is 1.38. The zero-order valence-corrected chi connectivity index (χ0v) is 17.6. The van der Waals surface area contributed by atoms with Crippen LogP contribution in [0.1, 0.15) is 16.1 Å². The van der Waals surface area contributed by atoms with Crippen LogP contribution >= 0.6 is 11.3 Å². The van der Waals surface area contributed by atoms with E-state index < -0.39 is 0 Å². The van der Waals surface area contributed by atoms with Crippen molar-refractivity contribution in [2.75, 3.05) is 13.7 Å². The van der Waals surface area contributed by atoms with Crippen molar-refractivity contribution in [3.8, 4) is 17.1 Å². The first-order chi connectivity index (χ1) is 14.6. The quantitative estimate of drug-likeness (QED) is 0.458. The molecule has 0 saturated carbocycles. The van der Waals surface area contributed by atoms with Crippen molar-refractivity contribution in [3.63, 3.8) is 0 Å². The molecule has 0 fully saturated rings. The van der Waals surface area contributed by atoms with Crippen molar-refractivity contribution in [1.29, 1.82) is 0 Å². The lowest BCUT2D eigenvalue weighted by molar-refractivity contribution is -0.116. The number of methoxy groups -OCH3 is 1. The molecule has 0 bridgehead atoms. The minimum Gasteiger partial charge on any atom is -0.497 e. The third kappa shape index (κ3) is 4.41. The third-order valence-corrected chi connectivity index (χ3v) is 5.93. The third-order valence-electron chi connectivity index (χ3n) is 4.74. The number of hydrogen-bond acceptors (Lipinski definition) is 5. The summed E-state index contributed by atoms with van der Waals surface area (Å²) in [5.74, 6) is 1.40. The summed E-state index contributed by atoms with van der Waals surface area (Å²) in [4.78, 5) is 18.7. The Morgan fingerprint density at radius 3 is 2.63 bits per heavy atom. The predicted octanol–water partition coefficient (Wildman–Crippen LogP) is 4.15. The molecule has 0 spiro atoms. The smallest absolute Gasteiger partial charge is 0.244 e. The SMILES string of the molecule is COc1ccc(-c2nc3sc(CCNC(=O)C=Cc4ccccc4)c(C)n3n2)cc1. The van der Waals surface area contributed by atoms with Crippen LogP contribution in [0.3, 0.4) is 0 Å². The molecule has 2 aromatic carbocycles. The molecule has 4 aromatic rings. The van der Waals surface area contributed by atoms with Gasteiger partial charge in [-0.15, -0.1) is 5.10 Å². The number of fused-ring (bicyclic) bond motifs is 1. The second kappa shape index (κ2) is 8.92. The van der Waals surface area contributed by atoms with Crippen molar-refractivity contribution in [2.24, 2.45) is 0 Å². The lowest BCUT2D eigenvalue weighted by atomic mass is 10.2. The fourth-order valence-corrected chi connectivity index (χ4v) is 4.13.